The molecule has 0 unspecified atom stereocenters. The van der Waals surface area contributed by atoms with Gasteiger partial charge in [-0.3, -0.25) is 0 Å². The molecule has 1 aromatic heterocycles. The Labute approximate surface area is 92.3 Å². The van der Waals surface area contributed by atoms with E-state index in [0.717, 1.165) is 12.8 Å². The lowest BCUT2D eigenvalue weighted by Gasteiger charge is -2.06. The van der Waals surface area contributed by atoms with Crippen LogP contribution in [0.1, 0.15) is 12.8 Å². The third-order valence-corrected chi connectivity index (χ3v) is 3.25. The van der Waals surface area contributed by atoms with Crippen LogP contribution in [0.2, 0.25) is 5.15 Å². The standard InChI is InChI=1S/C8H9ClN2O3S/c9-8-7(15(10,12)13)3-6(4-11-8)14-5-1-2-5/h3-5H,1-2H2,(H2,10,12,13). The van der Waals surface area contributed by atoms with Crippen molar-refractivity contribution >= 4 is 21.6 Å². The van der Waals surface area contributed by atoms with Crippen LogP contribution in [0.15, 0.2) is 17.2 Å². The Hall–Kier alpha value is -0.850. The molecular formula is C8H9ClN2O3S. The van der Waals surface area contributed by atoms with Gasteiger partial charge in [0.15, 0.2) is 0 Å². The van der Waals surface area contributed by atoms with Crippen molar-refractivity contribution in [1.29, 1.82) is 0 Å². The predicted octanol–water partition coefficient (Wildman–Crippen LogP) is 0.924. The number of primary sulfonamides is 1. The van der Waals surface area contributed by atoms with Crippen LogP contribution < -0.4 is 9.88 Å². The highest BCUT2D eigenvalue weighted by molar-refractivity contribution is 7.89. The highest BCUT2D eigenvalue weighted by atomic mass is 35.5. The van der Waals surface area contributed by atoms with Crippen molar-refractivity contribution in [2.45, 2.75) is 23.8 Å². The topological polar surface area (TPSA) is 82.3 Å². The van der Waals surface area contributed by atoms with Crippen LogP contribution >= 0.6 is 11.6 Å². The molecule has 0 radical (unpaired) electrons. The lowest BCUT2D eigenvalue weighted by atomic mass is 10.4. The molecule has 0 bridgehead atoms. The van der Waals surface area contributed by atoms with Gasteiger partial charge in [-0.25, -0.2) is 18.5 Å². The average molecular weight is 249 g/mol. The molecule has 0 atom stereocenters. The van der Waals surface area contributed by atoms with Gasteiger partial charge in [-0.1, -0.05) is 11.6 Å². The number of halogens is 1. The van der Waals surface area contributed by atoms with Crippen LogP contribution in [0, 0.1) is 0 Å². The van der Waals surface area contributed by atoms with Crippen molar-refractivity contribution in [1.82, 2.24) is 4.98 Å². The molecular weight excluding hydrogens is 240 g/mol. The Morgan fingerprint density at radius 3 is 2.73 bits per heavy atom. The Morgan fingerprint density at radius 1 is 1.53 bits per heavy atom. The number of nitrogens with zero attached hydrogens (tertiary/aromatic N) is 1. The summed E-state index contributed by atoms with van der Waals surface area (Å²) >= 11 is 5.61. The number of aromatic nitrogens is 1. The molecule has 0 saturated heterocycles. The summed E-state index contributed by atoms with van der Waals surface area (Å²) in [4.78, 5) is 3.50. The number of ether oxygens (including phenoxy) is 1. The number of rotatable bonds is 3. The molecule has 1 aromatic rings. The summed E-state index contributed by atoms with van der Waals surface area (Å²) < 4.78 is 27.6. The fourth-order valence-electron chi connectivity index (χ4n) is 1.05. The molecule has 1 fully saturated rings. The largest absolute Gasteiger partial charge is 0.489 e. The molecule has 1 aliphatic carbocycles. The fraction of sp³-hybridized carbons (Fsp3) is 0.375. The Balaban J connectivity index is 2.35. The molecule has 7 heteroatoms. The van der Waals surface area contributed by atoms with Crippen LogP contribution in [0.5, 0.6) is 5.75 Å². The Bertz CT molecular complexity index is 485. The van der Waals surface area contributed by atoms with Crippen molar-refractivity contribution in [3.05, 3.63) is 17.4 Å². The molecule has 1 heterocycles. The zero-order chi connectivity index (χ0) is 11.1. The van der Waals surface area contributed by atoms with E-state index in [4.69, 9.17) is 21.5 Å². The summed E-state index contributed by atoms with van der Waals surface area (Å²) in [6, 6.07) is 1.29. The zero-order valence-corrected chi connectivity index (χ0v) is 9.25. The van der Waals surface area contributed by atoms with Gasteiger partial charge in [-0.05, 0) is 12.8 Å². The Kier molecular flexibility index (Phi) is 2.57. The van der Waals surface area contributed by atoms with Crippen LogP contribution in [0.4, 0.5) is 0 Å². The van der Waals surface area contributed by atoms with Crippen molar-refractivity contribution in [3.63, 3.8) is 0 Å². The number of sulfonamides is 1. The van der Waals surface area contributed by atoms with E-state index in [-0.39, 0.29) is 16.2 Å². The molecule has 1 aliphatic rings. The van der Waals surface area contributed by atoms with Crippen LogP contribution in [0.3, 0.4) is 0 Å². The van der Waals surface area contributed by atoms with Gasteiger partial charge in [0.2, 0.25) is 10.0 Å². The summed E-state index contributed by atoms with van der Waals surface area (Å²) in [5, 5.41) is 4.83. The summed E-state index contributed by atoms with van der Waals surface area (Å²) in [5.41, 5.74) is 0. The maximum Gasteiger partial charge on any atom is 0.241 e. The van der Waals surface area contributed by atoms with E-state index in [1.807, 2.05) is 0 Å². The first-order chi connectivity index (χ1) is 6.97. The summed E-state index contributed by atoms with van der Waals surface area (Å²) in [6.07, 6.45) is 3.51. The summed E-state index contributed by atoms with van der Waals surface area (Å²) in [5.74, 6) is 0.380. The molecule has 1 saturated carbocycles. The number of pyridine rings is 1. The lowest BCUT2D eigenvalue weighted by molar-refractivity contribution is 0.301. The lowest BCUT2D eigenvalue weighted by Crippen LogP contribution is -2.13. The van der Waals surface area contributed by atoms with E-state index in [2.05, 4.69) is 4.98 Å². The van der Waals surface area contributed by atoms with Gasteiger partial charge < -0.3 is 4.74 Å². The van der Waals surface area contributed by atoms with Gasteiger partial charge in [0.05, 0.1) is 12.3 Å². The molecule has 15 heavy (non-hydrogen) atoms. The average Bonchev–Trinajstić information content (AvgIpc) is 2.90. The minimum Gasteiger partial charge on any atom is -0.489 e. The third-order valence-electron chi connectivity index (χ3n) is 1.92. The fourth-order valence-corrected chi connectivity index (χ4v) is 2.05. The maximum atomic E-state index is 11.1. The van der Waals surface area contributed by atoms with E-state index in [1.54, 1.807) is 0 Å². The summed E-state index contributed by atoms with van der Waals surface area (Å²) in [7, 11) is -3.85. The monoisotopic (exact) mass is 248 g/mol. The first-order valence-corrected chi connectivity index (χ1v) is 6.24. The SMILES string of the molecule is NS(=O)(=O)c1cc(OC2CC2)cnc1Cl. The maximum absolute atomic E-state index is 11.1. The second-order valence-corrected chi connectivity index (χ2v) is 5.21. The molecule has 0 spiro atoms. The molecule has 0 aliphatic heterocycles. The molecule has 2 rings (SSSR count). The van der Waals surface area contributed by atoms with Gasteiger partial charge >= 0.3 is 0 Å². The minimum atomic E-state index is -3.85. The number of nitrogens with two attached hydrogens (primary N) is 1. The second kappa shape index (κ2) is 3.62. The zero-order valence-electron chi connectivity index (χ0n) is 7.68. The van der Waals surface area contributed by atoms with Crippen molar-refractivity contribution in [3.8, 4) is 5.75 Å². The van der Waals surface area contributed by atoms with Crippen molar-refractivity contribution in [2.75, 3.05) is 0 Å². The predicted molar refractivity (Wildman–Crippen MR) is 54.3 cm³/mol. The van der Waals surface area contributed by atoms with Gasteiger partial charge in [0, 0.05) is 6.07 Å². The molecule has 0 amide bonds. The highest BCUT2D eigenvalue weighted by Gasteiger charge is 2.24. The first-order valence-electron chi connectivity index (χ1n) is 4.32. The molecule has 82 valence electrons. The number of hydrogen-bond donors (Lipinski definition) is 1. The second-order valence-electron chi connectivity index (χ2n) is 3.32. The van der Waals surface area contributed by atoms with E-state index in [0.29, 0.717) is 5.75 Å². The van der Waals surface area contributed by atoms with Crippen LogP contribution in [-0.2, 0) is 10.0 Å². The van der Waals surface area contributed by atoms with Gasteiger partial charge in [0.25, 0.3) is 0 Å². The third kappa shape index (κ3) is 2.58. The van der Waals surface area contributed by atoms with E-state index in [1.165, 1.54) is 12.3 Å². The van der Waals surface area contributed by atoms with Crippen LogP contribution in [-0.4, -0.2) is 19.5 Å². The van der Waals surface area contributed by atoms with E-state index >= 15 is 0 Å². The van der Waals surface area contributed by atoms with E-state index in [9.17, 15) is 8.42 Å². The van der Waals surface area contributed by atoms with Crippen LogP contribution in [0.25, 0.3) is 0 Å². The summed E-state index contributed by atoms with van der Waals surface area (Å²) in [6.45, 7) is 0. The number of hydrogen-bond acceptors (Lipinski definition) is 4. The minimum absolute atomic E-state index is 0.138. The van der Waals surface area contributed by atoms with Gasteiger partial charge in [0.1, 0.15) is 15.8 Å². The van der Waals surface area contributed by atoms with Gasteiger partial charge in [-0.2, -0.15) is 0 Å². The highest BCUT2D eigenvalue weighted by Crippen LogP contribution is 2.29. The Morgan fingerprint density at radius 2 is 2.20 bits per heavy atom. The normalized spacial score (nSPS) is 16.4. The molecule has 2 N–H and O–H groups in total. The molecule has 0 aromatic carbocycles. The smallest absolute Gasteiger partial charge is 0.241 e. The quantitative estimate of drug-likeness (QED) is 0.807. The van der Waals surface area contributed by atoms with Gasteiger partial charge in [-0.15, -0.1) is 0 Å². The van der Waals surface area contributed by atoms with Crippen molar-refractivity contribution < 1.29 is 13.2 Å². The molecule has 5 nitrogen and oxygen atoms in total. The van der Waals surface area contributed by atoms with Crippen molar-refractivity contribution in [2.24, 2.45) is 5.14 Å². The van der Waals surface area contributed by atoms with E-state index < -0.39 is 10.0 Å². The first kappa shape index (κ1) is 10.7.